The lowest BCUT2D eigenvalue weighted by Gasteiger charge is -2.23. The summed E-state index contributed by atoms with van der Waals surface area (Å²) in [6.45, 7) is 15.3. The molecule has 148 valence electrons. The Labute approximate surface area is 170 Å². The highest BCUT2D eigenvalue weighted by atomic mass is 28.3. The van der Waals surface area contributed by atoms with Crippen LogP contribution in [0.15, 0.2) is 42.5 Å². The highest BCUT2D eigenvalue weighted by Gasteiger charge is 2.20. The van der Waals surface area contributed by atoms with Crippen LogP contribution in [0, 0.1) is 11.5 Å². The van der Waals surface area contributed by atoms with Crippen LogP contribution in [0.1, 0.15) is 49.2 Å². The van der Waals surface area contributed by atoms with Crippen LogP contribution in [0.2, 0.25) is 19.6 Å². The third kappa shape index (κ3) is 6.28. The summed E-state index contributed by atoms with van der Waals surface area (Å²) < 4.78 is 11.2. The molecule has 3 nitrogen and oxygen atoms in total. The number of rotatable bonds is 4. The van der Waals surface area contributed by atoms with E-state index in [-0.39, 0.29) is 11.4 Å². The lowest BCUT2D eigenvalue weighted by Crippen LogP contribution is -2.16. The fourth-order valence-corrected chi connectivity index (χ4v) is 3.08. The molecule has 2 rings (SSSR count). The van der Waals surface area contributed by atoms with Gasteiger partial charge in [-0.1, -0.05) is 52.4 Å². The van der Waals surface area contributed by atoms with Crippen LogP contribution in [-0.2, 0) is 10.2 Å². The van der Waals surface area contributed by atoms with Crippen molar-refractivity contribution in [2.24, 2.45) is 0 Å². The fraction of sp³-hybridized carbons (Fsp3) is 0.375. The second kappa shape index (κ2) is 8.66. The minimum absolute atomic E-state index is 0.0645. The van der Waals surface area contributed by atoms with E-state index in [1.807, 2.05) is 6.07 Å². The largest absolute Gasteiger partial charge is 0.462 e. The molecule has 2 aromatic rings. The Bertz CT molecular complexity index is 889. The van der Waals surface area contributed by atoms with Crippen molar-refractivity contribution in [3.05, 3.63) is 59.2 Å². The van der Waals surface area contributed by atoms with Crippen LogP contribution in [-0.4, -0.2) is 20.7 Å². The van der Waals surface area contributed by atoms with Crippen molar-refractivity contribution >= 4 is 14.0 Å². The number of esters is 1. The number of carbonyl (C=O) groups is 1. The number of ether oxygens (including phenoxy) is 2. The normalized spacial score (nSPS) is 11.4. The van der Waals surface area contributed by atoms with Crippen LogP contribution in [0.5, 0.6) is 11.5 Å². The summed E-state index contributed by atoms with van der Waals surface area (Å²) in [6, 6.07) is 13.2. The summed E-state index contributed by atoms with van der Waals surface area (Å²) in [5.41, 5.74) is 5.91. The molecule has 0 atom stereocenters. The maximum atomic E-state index is 11.8. The van der Waals surface area contributed by atoms with Gasteiger partial charge in [-0.25, -0.2) is 4.79 Å². The SMILES string of the molecule is CCOC(=O)c1ccc(Oc2cc(C#C[Si](C)(C)C)ccc2C(C)(C)C)cc1. The second-order valence-electron chi connectivity index (χ2n) is 8.81. The van der Waals surface area contributed by atoms with E-state index in [4.69, 9.17) is 9.47 Å². The summed E-state index contributed by atoms with van der Waals surface area (Å²) in [5.74, 6) is 4.44. The first-order valence-electron chi connectivity index (χ1n) is 9.62. The second-order valence-corrected chi connectivity index (χ2v) is 13.6. The molecule has 0 aliphatic rings. The van der Waals surface area contributed by atoms with E-state index >= 15 is 0 Å². The molecule has 0 bridgehead atoms. The molecule has 4 heteroatoms. The van der Waals surface area contributed by atoms with E-state index in [1.165, 1.54) is 0 Å². The van der Waals surface area contributed by atoms with Gasteiger partial charge in [-0.15, -0.1) is 5.54 Å². The van der Waals surface area contributed by atoms with Gasteiger partial charge in [0.25, 0.3) is 0 Å². The van der Waals surface area contributed by atoms with Crippen molar-refractivity contribution in [1.29, 1.82) is 0 Å². The molecule has 0 fully saturated rings. The smallest absolute Gasteiger partial charge is 0.338 e. The van der Waals surface area contributed by atoms with Gasteiger partial charge < -0.3 is 9.47 Å². The van der Waals surface area contributed by atoms with Crippen molar-refractivity contribution in [3.8, 4) is 23.0 Å². The van der Waals surface area contributed by atoms with Gasteiger partial charge in [-0.05, 0) is 48.7 Å². The van der Waals surface area contributed by atoms with Gasteiger partial charge >= 0.3 is 5.97 Å². The van der Waals surface area contributed by atoms with Crippen molar-refractivity contribution < 1.29 is 14.3 Å². The minimum Gasteiger partial charge on any atom is -0.462 e. The van der Waals surface area contributed by atoms with Gasteiger partial charge in [-0.2, -0.15) is 0 Å². The third-order valence-corrected chi connectivity index (χ3v) is 4.84. The number of carbonyl (C=O) groups excluding carboxylic acids is 1. The van der Waals surface area contributed by atoms with E-state index < -0.39 is 8.07 Å². The molecule has 0 aliphatic carbocycles. The predicted molar refractivity (Wildman–Crippen MR) is 118 cm³/mol. The first-order chi connectivity index (χ1) is 13.0. The maximum Gasteiger partial charge on any atom is 0.338 e. The average Bonchev–Trinajstić information content (AvgIpc) is 2.59. The molecule has 0 heterocycles. The summed E-state index contributed by atoms with van der Waals surface area (Å²) >= 11 is 0. The molecule has 0 unspecified atom stereocenters. The van der Waals surface area contributed by atoms with Crippen LogP contribution in [0.25, 0.3) is 0 Å². The highest BCUT2D eigenvalue weighted by Crippen LogP contribution is 2.35. The molecular weight excluding hydrogens is 364 g/mol. The van der Waals surface area contributed by atoms with Crippen LogP contribution >= 0.6 is 0 Å². The Morgan fingerprint density at radius 1 is 1.04 bits per heavy atom. The van der Waals surface area contributed by atoms with Crippen molar-refractivity contribution in [3.63, 3.8) is 0 Å². The van der Waals surface area contributed by atoms with Gasteiger partial charge in [0, 0.05) is 11.1 Å². The molecule has 0 radical (unpaired) electrons. The average molecular weight is 395 g/mol. The molecule has 0 spiro atoms. The fourth-order valence-electron chi connectivity index (χ4n) is 2.56. The molecule has 28 heavy (non-hydrogen) atoms. The van der Waals surface area contributed by atoms with E-state index in [0.29, 0.717) is 17.9 Å². The first-order valence-corrected chi connectivity index (χ1v) is 13.1. The van der Waals surface area contributed by atoms with Crippen LogP contribution < -0.4 is 4.74 Å². The van der Waals surface area contributed by atoms with Crippen molar-refractivity contribution in [2.45, 2.75) is 52.8 Å². The quantitative estimate of drug-likeness (QED) is 0.353. The zero-order valence-corrected chi connectivity index (χ0v) is 19.0. The van der Waals surface area contributed by atoms with Crippen molar-refractivity contribution in [2.75, 3.05) is 6.61 Å². The van der Waals surface area contributed by atoms with E-state index in [0.717, 1.165) is 16.9 Å². The van der Waals surface area contributed by atoms with Gasteiger partial charge in [0.05, 0.1) is 12.2 Å². The summed E-state index contributed by atoms with van der Waals surface area (Å²) in [6.07, 6.45) is 0. The summed E-state index contributed by atoms with van der Waals surface area (Å²) in [4.78, 5) is 11.8. The molecular formula is C24H30O3Si. The number of hydrogen-bond donors (Lipinski definition) is 0. The Morgan fingerprint density at radius 2 is 1.68 bits per heavy atom. The molecule has 2 aromatic carbocycles. The van der Waals surface area contributed by atoms with Gasteiger partial charge in [0.1, 0.15) is 19.6 Å². The zero-order valence-electron chi connectivity index (χ0n) is 18.0. The molecule has 0 aromatic heterocycles. The number of hydrogen-bond acceptors (Lipinski definition) is 3. The van der Waals surface area contributed by atoms with Crippen LogP contribution in [0.4, 0.5) is 0 Å². The Morgan fingerprint density at radius 3 is 2.21 bits per heavy atom. The first kappa shape index (κ1) is 21.8. The Balaban J connectivity index is 2.36. The summed E-state index contributed by atoms with van der Waals surface area (Å²) in [5, 5.41) is 0. The van der Waals surface area contributed by atoms with E-state index in [9.17, 15) is 4.79 Å². The molecule has 0 amide bonds. The Kier molecular flexibility index (Phi) is 6.74. The molecule has 0 saturated carbocycles. The Hall–Kier alpha value is -2.51. The predicted octanol–water partition coefficient (Wildman–Crippen LogP) is 6.18. The van der Waals surface area contributed by atoms with E-state index in [1.54, 1.807) is 31.2 Å². The highest BCUT2D eigenvalue weighted by molar-refractivity contribution is 6.83. The van der Waals surface area contributed by atoms with Gasteiger partial charge in [-0.3, -0.25) is 0 Å². The topological polar surface area (TPSA) is 35.5 Å². The lowest BCUT2D eigenvalue weighted by molar-refractivity contribution is 0.0526. The summed E-state index contributed by atoms with van der Waals surface area (Å²) in [7, 11) is -1.45. The van der Waals surface area contributed by atoms with Crippen molar-refractivity contribution in [1.82, 2.24) is 0 Å². The standard InChI is InChI=1S/C24H30O3Si/c1-8-26-23(25)19-10-12-20(13-11-19)27-22-17-18(15-16-28(5,6)7)9-14-21(22)24(2,3)4/h9-14,17H,8H2,1-7H3. The minimum atomic E-state index is -1.45. The van der Waals surface area contributed by atoms with Gasteiger partial charge in [0.2, 0.25) is 0 Å². The number of benzene rings is 2. The third-order valence-electron chi connectivity index (χ3n) is 3.96. The molecule has 0 saturated heterocycles. The monoisotopic (exact) mass is 394 g/mol. The lowest BCUT2D eigenvalue weighted by atomic mass is 9.86. The molecule has 0 aliphatic heterocycles. The maximum absolute atomic E-state index is 11.8. The van der Waals surface area contributed by atoms with E-state index in [2.05, 4.69) is 64.0 Å². The van der Waals surface area contributed by atoms with Gasteiger partial charge in [0.15, 0.2) is 0 Å². The molecule has 0 N–H and O–H groups in total. The van der Waals surface area contributed by atoms with Crippen LogP contribution in [0.3, 0.4) is 0 Å². The zero-order chi connectivity index (χ0) is 20.9.